The van der Waals surface area contributed by atoms with Gasteiger partial charge < -0.3 is 9.47 Å². The van der Waals surface area contributed by atoms with E-state index >= 15 is 0 Å². The number of carbonyl (C=O) groups excluding carboxylic acids is 1. The number of ether oxygens (including phenoxy) is 2. The van der Waals surface area contributed by atoms with Crippen LogP contribution >= 0.6 is 0 Å². The second-order valence-corrected chi connectivity index (χ2v) is 11.6. The summed E-state index contributed by atoms with van der Waals surface area (Å²) in [5, 5.41) is 0. The molecule has 3 heteroatoms. The number of esters is 1. The fraction of sp³-hybridized carbons (Fsp3) is 0.960. The SMILES string of the molecule is CCC1CC(CC)C2C3OC(CC3C(=O)OC3(C)C4CC5CC(C4)CC3C5)C12. The van der Waals surface area contributed by atoms with E-state index in [1.807, 2.05) is 0 Å². The van der Waals surface area contributed by atoms with E-state index in [0.717, 1.165) is 30.1 Å². The number of fused-ring (bicyclic) bond motifs is 5. The molecule has 0 aromatic heterocycles. The molecule has 0 aromatic carbocycles. The minimum Gasteiger partial charge on any atom is -0.458 e. The van der Waals surface area contributed by atoms with Crippen molar-refractivity contribution >= 4 is 5.97 Å². The quantitative estimate of drug-likeness (QED) is 0.621. The van der Waals surface area contributed by atoms with Gasteiger partial charge in [0.1, 0.15) is 5.60 Å². The molecule has 2 heterocycles. The Morgan fingerprint density at radius 1 is 0.893 bits per heavy atom. The molecular weight excluding hydrogens is 348 g/mol. The lowest BCUT2D eigenvalue weighted by atomic mass is 9.50. The van der Waals surface area contributed by atoms with Gasteiger partial charge in [0, 0.05) is 0 Å². The Morgan fingerprint density at radius 2 is 1.50 bits per heavy atom. The van der Waals surface area contributed by atoms with Crippen molar-refractivity contribution in [3.63, 3.8) is 0 Å². The van der Waals surface area contributed by atoms with Crippen LogP contribution in [0.4, 0.5) is 0 Å². The van der Waals surface area contributed by atoms with Gasteiger partial charge in [0.05, 0.1) is 18.1 Å². The van der Waals surface area contributed by atoms with E-state index in [4.69, 9.17) is 9.47 Å². The Morgan fingerprint density at radius 3 is 2.11 bits per heavy atom. The molecule has 0 N–H and O–H groups in total. The predicted molar refractivity (Wildman–Crippen MR) is 107 cm³/mol. The zero-order chi connectivity index (χ0) is 19.2. The van der Waals surface area contributed by atoms with Gasteiger partial charge >= 0.3 is 5.97 Å². The van der Waals surface area contributed by atoms with Crippen LogP contribution in [0.5, 0.6) is 0 Å². The van der Waals surface area contributed by atoms with Crippen molar-refractivity contribution in [1.29, 1.82) is 0 Å². The Hall–Kier alpha value is -0.570. The minimum atomic E-state index is -0.197. The van der Waals surface area contributed by atoms with Crippen molar-refractivity contribution in [3.8, 4) is 0 Å². The van der Waals surface area contributed by atoms with Gasteiger partial charge in [0.25, 0.3) is 0 Å². The molecule has 2 saturated heterocycles. The molecule has 7 aliphatic rings. The molecule has 156 valence electrons. The number of carbonyl (C=O) groups is 1. The summed E-state index contributed by atoms with van der Waals surface area (Å²) in [4.78, 5) is 13.5. The second kappa shape index (κ2) is 6.22. The maximum Gasteiger partial charge on any atom is 0.312 e. The molecule has 5 aliphatic carbocycles. The van der Waals surface area contributed by atoms with E-state index in [9.17, 15) is 4.79 Å². The fourth-order valence-corrected chi connectivity index (χ4v) is 9.40. The lowest BCUT2D eigenvalue weighted by Gasteiger charge is -2.59. The first-order valence-corrected chi connectivity index (χ1v) is 12.4. The zero-order valence-electron chi connectivity index (χ0n) is 17.9. The number of hydrogen-bond donors (Lipinski definition) is 0. The lowest BCUT2D eigenvalue weighted by Crippen LogP contribution is -2.58. The summed E-state index contributed by atoms with van der Waals surface area (Å²) in [6.07, 6.45) is 11.9. The van der Waals surface area contributed by atoms with Gasteiger partial charge in [-0.1, -0.05) is 26.7 Å². The normalized spacial score (nSPS) is 58.3. The Bertz CT molecular complexity index is 628. The van der Waals surface area contributed by atoms with Crippen molar-refractivity contribution in [1.82, 2.24) is 0 Å². The van der Waals surface area contributed by atoms with E-state index in [1.54, 1.807) is 0 Å². The topological polar surface area (TPSA) is 35.5 Å². The van der Waals surface area contributed by atoms with Crippen molar-refractivity contribution in [3.05, 3.63) is 0 Å². The molecule has 0 amide bonds. The third-order valence-corrected chi connectivity index (χ3v) is 10.6. The Balaban J connectivity index is 1.20. The average Bonchev–Trinajstić information content (AvgIpc) is 3.36. The number of hydrogen-bond acceptors (Lipinski definition) is 3. The summed E-state index contributed by atoms with van der Waals surface area (Å²) in [6.45, 7) is 6.95. The van der Waals surface area contributed by atoms with Crippen LogP contribution < -0.4 is 0 Å². The Kier molecular flexibility index (Phi) is 4.05. The average molecular weight is 387 g/mol. The van der Waals surface area contributed by atoms with E-state index in [0.29, 0.717) is 29.8 Å². The summed E-state index contributed by atoms with van der Waals surface area (Å²) in [5.41, 5.74) is -0.197. The fourth-order valence-electron chi connectivity index (χ4n) is 9.40. The van der Waals surface area contributed by atoms with Gasteiger partial charge in [-0.3, -0.25) is 4.79 Å². The highest BCUT2D eigenvalue weighted by molar-refractivity contribution is 5.74. The predicted octanol–water partition coefficient (Wildman–Crippen LogP) is 5.22. The summed E-state index contributed by atoms with van der Waals surface area (Å²) < 4.78 is 13.0. The minimum absolute atomic E-state index is 0.00455. The van der Waals surface area contributed by atoms with Crippen molar-refractivity contribution in [2.45, 2.75) is 96.4 Å². The standard InChI is InChI=1S/C25H38O3/c1-4-15-11-16(5-2)22-21(15)20-12-19(23(22)27-20)24(26)28-25(3)17-7-13-6-14(9-17)10-18(25)8-13/h13-23H,4-12H2,1-3H3. The van der Waals surface area contributed by atoms with Gasteiger partial charge in [-0.05, 0) is 99.2 Å². The van der Waals surface area contributed by atoms with E-state index in [1.165, 1.54) is 51.4 Å². The molecule has 7 fully saturated rings. The molecule has 7 rings (SSSR count). The summed E-state index contributed by atoms with van der Waals surface area (Å²) >= 11 is 0. The number of rotatable bonds is 4. The van der Waals surface area contributed by atoms with Crippen LogP contribution in [0.2, 0.25) is 0 Å². The molecule has 28 heavy (non-hydrogen) atoms. The largest absolute Gasteiger partial charge is 0.458 e. The molecule has 3 nitrogen and oxygen atoms in total. The molecular formula is C25H38O3. The molecule has 0 spiro atoms. The molecule has 7 unspecified atom stereocenters. The van der Waals surface area contributed by atoms with Crippen LogP contribution in [0.3, 0.4) is 0 Å². The maximum atomic E-state index is 13.5. The van der Waals surface area contributed by atoms with Crippen molar-refractivity contribution in [2.75, 3.05) is 0 Å². The van der Waals surface area contributed by atoms with Crippen LogP contribution in [0.1, 0.15) is 78.6 Å². The van der Waals surface area contributed by atoms with Crippen LogP contribution in [-0.2, 0) is 14.3 Å². The highest BCUT2D eigenvalue weighted by Crippen LogP contribution is 2.62. The van der Waals surface area contributed by atoms with E-state index < -0.39 is 0 Å². The van der Waals surface area contributed by atoms with Crippen LogP contribution in [0.25, 0.3) is 0 Å². The molecule has 0 radical (unpaired) electrons. The third-order valence-electron chi connectivity index (χ3n) is 10.6. The highest BCUT2D eigenvalue weighted by Gasteiger charge is 2.64. The van der Waals surface area contributed by atoms with Crippen LogP contribution in [0.15, 0.2) is 0 Å². The Labute approximate surface area is 170 Å². The van der Waals surface area contributed by atoms with Crippen LogP contribution in [0, 0.1) is 53.3 Å². The van der Waals surface area contributed by atoms with Gasteiger partial charge in [-0.25, -0.2) is 0 Å². The van der Waals surface area contributed by atoms with E-state index in [-0.39, 0.29) is 23.6 Å². The van der Waals surface area contributed by atoms with Crippen molar-refractivity contribution in [2.24, 2.45) is 53.3 Å². The molecule has 0 aromatic rings. The smallest absolute Gasteiger partial charge is 0.312 e. The first kappa shape index (κ1) is 18.2. The zero-order valence-corrected chi connectivity index (χ0v) is 17.9. The molecule has 6 bridgehead atoms. The monoisotopic (exact) mass is 386 g/mol. The highest BCUT2D eigenvalue weighted by atomic mass is 16.6. The summed E-state index contributed by atoms with van der Waals surface area (Å²) in [5.74, 6) is 6.02. The van der Waals surface area contributed by atoms with Gasteiger partial charge in [-0.15, -0.1) is 0 Å². The first-order valence-electron chi connectivity index (χ1n) is 12.4. The van der Waals surface area contributed by atoms with E-state index in [2.05, 4.69) is 20.8 Å². The third kappa shape index (κ3) is 2.35. The molecule has 2 aliphatic heterocycles. The first-order chi connectivity index (χ1) is 13.5. The lowest BCUT2D eigenvalue weighted by molar-refractivity contribution is -0.208. The van der Waals surface area contributed by atoms with Gasteiger partial charge in [0.2, 0.25) is 0 Å². The summed E-state index contributed by atoms with van der Waals surface area (Å²) in [6, 6.07) is 0. The van der Waals surface area contributed by atoms with Crippen LogP contribution in [-0.4, -0.2) is 23.8 Å². The molecule has 7 atom stereocenters. The van der Waals surface area contributed by atoms with Gasteiger partial charge in [-0.2, -0.15) is 0 Å². The summed E-state index contributed by atoms with van der Waals surface area (Å²) in [7, 11) is 0. The van der Waals surface area contributed by atoms with Gasteiger partial charge in [0.15, 0.2) is 0 Å². The second-order valence-electron chi connectivity index (χ2n) is 11.6. The maximum absolute atomic E-state index is 13.5. The van der Waals surface area contributed by atoms with Crippen molar-refractivity contribution < 1.29 is 14.3 Å². The molecule has 5 saturated carbocycles.